The molecule has 0 aromatic heterocycles. The molecule has 0 spiro atoms. The molecule has 1 atom stereocenters. The Bertz CT molecular complexity index is 528. The standard InChI is InChI=1S/C21H41N5O2.HI/c1-16(2)25-12-9-18(10-13-25)24-19(22-6)23-14-17-8-7-11-26(15-17)20(27)28-21(3,4)5;/h16-18H,7-15H2,1-6H3,(H2,22,23,24);1H. The lowest BCUT2D eigenvalue weighted by Gasteiger charge is -2.36. The van der Waals surface area contributed by atoms with Crippen molar-refractivity contribution in [2.75, 3.05) is 39.8 Å². The monoisotopic (exact) mass is 523 g/mol. The molecule has 8 heteroatoms. The number of ether oxygens (including phenoxy) is 1. The lowest BCUT2D eigenvalue weighted by atomic mass is 9.98. The number of nitrogens with zero attached hydrogens (tertiary/aromatic N) is 3. The summed E-state index contributed by atoms with van der Waals surface area (Å²) >= 11 is 0. The van der Waals surface area contributed by atoms with Gasteiger partial charge < -0.3 is 25.2 Å². The zero-order chi connectivity index (χ0) is 20.7. The van der Waals surface area contributed by atoms with Gasteiger partial charge in [-0.3, -0.25) is 4.99 Å². The van der Waals surface area contributed by atoms with Gasteiger partial charge in [0.2, 0.25) is 0 Å². The number of halogens is 1. The zero-order valence-corrected chi connectivity index (χ0v) is 21.5. The first-order valence-electron chi connectivity index (χ1n) is 10.9. The van der Waals surface area contributed by atoms with Crippen LogP contribution < -0.4 is 10.6 Å². The van der Waals surface area contributed by atoms with Crippen molar-refractivity contribution in [1.29, 1.82) is 0 Å². The van der Waals surface area contributed by atoms with Crippen molar-refractivity contribution in [2.24, 2.45) is 10.9 Å². The van der Waals surface area contributed by atoms with Gasteiger partial charge >= 0.3 is 6.09 Å². The number of hydrogen-bond acceptors (Lipinski definition) is 4. The average Bonchev–Trinajstić information content (AvgIpc) is 2.64. The molecule has 0 aliphatic carbocycles. The number of aliphatic imine (C=N–C) groups is 1. The quantitative estimate of drug-likeness (QED) is 0.336. The summed E-state index contributed by atoms with van der Waals surface area (Å²) in [6, 6.07) is 1.10. The summed E-state index contributed by atoms with van der Waals surface area (Å²) in [6.07, 6.45) is 4.24. The second-order valence-electron chi connectivity index (χ2n) is 9.44. The predicted octanol–water partition coefficient (Wildman–Crippen LogP) is 3.29. The molecule has 0 radical (unpaired) electrons. The molecule has 2 heterocycles. The molecule has 1 amide bonds. The summed E-state index contributed by atoms with van der Waals surface area (Å²) in [6.45, 7) is 14.9. The first-order chi connectivity index (χ1) is 13.2. The molecule has 1 unspecified atom stereocenters. The second kappa shape index (κ2) is 12.2. The van der Waals surface area contributed by atoms with Gasteiger partial charge in [0.25, 0.3) is 0 Å². The van der Waals surface area contributed by atoms with Gasteiger partial charge in [0.05, 0.1) is 0 Å². The fraction of sp³-hybridized carbons (Fsp3) is 0.905. The van der Waals surface area contributed by atoms with Gasteiger partial charge in [0.1, 0.15) is 5.60 Å². The Kier molecular flexibility index (Phi) is 11.0. The SMILES string of the molecule is CN=C(NCC1CCCN(C(=O)OC(C)(C)C)C1)NC1CCN(C(C)C)CC1.I. The topological polar surface area (TPSA) is 69.2 Å². The molecule has 29 heavy (non-hydrogen) atoms. The lowest BCUT2D eigenvalue weighted by molar-refractivity contribution is 0.0168. The van der Waals surface area contributed by atoms with E-state index in [9.17, 15) is 4.79 Å². The first-order valence-corrected chi connectivity index (χ1v) is 10.9. The van der Waals surface area contributed by atoms with Crippen molar-refractivity contribution in [2.45, 2.75) is 78.0 Å². The van der Waals surface area contributed by atoms with Crippen molar-refractivity contribution >= 4 is 36.0 Å². The minimum absolute atomic E-state index is 0. The summed E-state index contributed by atoms with van der Waals surface area (Å²) in [5.41, 5.74) is -0.445. The molecular weight excluding hydrogens is 481 g/mol. The summed E-state index contributed by atoms with van der Waals surface area (Å²) in [5.74, 6) is 1.29. The molecule has 2 saturated heterocycles. The van der Waals surface area contributed by atoms with Crippen LogP contribution in [0.2, 0.25) is 0 Å². The average molecular weight is 524 g/mol. The molecule has 2 aliphatic heterocycles. The molecule has 170 valence electrons. The number of rotatable bonds is 4. The highest BCUT2D eigenvalue weighted by Gasteiger charge is 2.28. The van der Waals surface area contributed by atoms with Gasteiger partial charge in [-0.2, -0.15) is 0 Å². The third kappa shape index (κ3) is 9.27. The van der Waals surface area contributed by atoms with Crippen LogP contribution in [0.15, 0.2) is 4.99 Å². The Hall–Kier alpha value is -0.770. The van der Waals surface area contributed by atoms with Gasteiger partial charge in [0.15, 0.2) is 5.96 Å². The third-order valence-corrected chi connectivity index (χ3v) is 5.55. The van der Waals surface area contributed by atoms with E-state index in [1.54, 1.807) is 0 Å². The van der Waals surface area contributed by atoms with E-state index in [1.165, 1.54) is 0 Å². The second-order valence-corrected chi connectivity index (χ2v) is 9.44. The Labute approximate surface area is 194 Å². The van der Waals surface area contributed by atoms with Crippen LogP contribution in [0, 0.1) is 5.92 Å². The fourth-order valence-corrected chi connectivity index (χ4v) is 3.91. The van der Waals surface area contributed by atoms with Crippen molar-refractivity contribution in [3.05, 3.63) is 0 Å². The summed E-state index contributed by atoms with van der Waals surface area (Å²) in [4.78, 5) is 21.1. The van der Waals surface area contributed by atoms with Crippen molar-refractivity contribution < 1.29 is 9.53 Å². The maximum Gasteiger partial charge on any atom is 0.410 e. The van der Waals surface area contributed by atoms with Crippen LogP contribution in [-0.4, -0.2) is 79.3 Å². The fourth-order valence-electron chi connectivity index (χ4n) is 3.91. The van der Waals surface area contributed by atoms with Crippen LogP contribution in [0.25, 0.3) is 0 Å². The molecule has 2 fully saturated rings. The van der Waals surface area contributed by atoms with Gasteiger partial charge in [-0.1, -0.05) is 0 Å². The number of hydrogen-bond donors (Lipinski definition) is 2. The van der Waals surface area contributed by atoms with E-state index >= 15 is 0 Å². The van der Waals surface area contributed by atoms with Crippen molar-refractivity contribution in [3.8, 4) is 0 Å². The molecule has 2 aliphatic rings. The van der Waals surface area contributed by atoms with Crippen LogP contribution in [0.1, 0.15) is 60.3 Å². The highest BCUT2D eigenvalue weighted by Crippen LogP contribution is 2.19. The molecule has 0 bridgehead atoms. The van der Waals surface area contributed by atoms with Crippen LogP contribution in [0.3, 0.4) is 0 Å². The Morgan fingerprint density at radius 2 is 1.83 bits per heavy atom. The minimum Gasteiger partial charge on any atom is -0.444 e. The van der Waals surface area contributed by atoms with E-state index in [0.717, 1.165) is 64.4 Å². The summed E-state index contributed by atoms with van der Waals surface area (Å²) in [5, 5.41) is 7.05. The number of carbonyl (C=O) groups is 1. The van der Waals surface area contributed by atoms with E-state index in [4.69, 9.17) is 4.74 Å². The van der Waals surface area contributed by atoms with E-state index in [0.29, 0.717) is 18.0 Å². The lowest BCUT2D eigenvalue weighted by Crippen LogP contribution is -2.51. The highest BCUT2D eigenvalue weighted by molar-refractivity contribution is 14.0. The van der Waals surface area contributed by atoms with Crippen molar-refractivity contribution in [3.63, 3.8) is 0 Å². The van der Waals surface area contributed by atoms with Crippen LogP contribution in [0.5, 0.6) is 0 Å². The summed E-state index contributed by atoms with van der Waals surface area (Å²) in [7, 11) is 1.83. The number of guanidine groups is 1. The minimum atomic E-state index is -0.445. The van der Waals surface area contributed by atoms with Crippen LogP contribution in [-0.2, 0) is 4.74 Å². The van der Waals surface area contributed by atoms with E-state index in [-0.39, 0.29) is 30.1 Å². The summed E-state index contributed by atoms with van der Waals surface area (Å²) < 4.78 is 5.52. The maximum absolute atomic E-state index is 12.3. The molecule has 2 N–H and O–H groups in total. The van der Waals surface area contributed by atoms with E-state index < -0.39 is 5.60 Å². The molecule has 2 rings (SSSR count). The largest absolute Gasteiger partial charge is 0.444 e. The number of carbonyl (C=O) groups excluding carboxylic acids is 1. The van der Waals surface area contributed by atoms with Gasteiger partial charge in [0, 0.05) is 51.9 Å². The highest BCUT2D eigenvalue weighted by atomic mass is 127. The normalized spacial score (nSPS) is 22.2. The maximum atomic E-state index is 12.3. The smallest absolute Gasteiger partial charge is 0.410 e. The third-order valence-electron chi connectivity index (χ3n) is 5.55. The first kappa shape index (κ1) is 26.3. The number of nitrogens with one attached hydrogen (secondary N) is 2. The van der Waals surface area contributed by atoms with E-state index in [2.05, 4.69) is 34.4 Å². The Morgan fingerprint density at radius 3 is 2.38 bits per heavy atom. The number of likely N-dealkylation sites (tertiary alicyclic amines) is 2. The predicted molar refractivity (Wildman–Crippen MR) is 130 cm³/mol. The Morgan fingerprint density at radius 1 is 1.17 bits per heavy atom. The van der Waals surface area contributed by atoms with Gasteiger partial charge in [-0.15, -0.1) is 24.0 Å². The molecule has 0 aromatic rings. The van der Waals surface area contributed by atoms with E-state index in [1.807, 2.05) is 32.7 Å². The molecule has 0 saturated carbocycles. The molecular formula is C21H42IN5O2. The van der Waals surface area contributed by atoms with Crippen LogP contribution >= 0.6 is 24.0 Å². The number of piperidine rings is 2. The van der Waals surface area contributed by atoms with Gasteiger partial charge in [-0.25, -0.2) is 4.79 Å². The Balaban J connectivity index is 0.00000420. The van der Waals surface area contributed by atoms with Crippen molar-refractivity contribution in [1.82, 2.24) is 20.4 Å². The van der Waals surface area contributed by atoms with Crippen LogP contribution in [0.4, 0.5) is 4.79 Å². The van der Waals surface area contributed by atoms with Gasteiger partial charge in [-0.05, 0) is 66.2 Å². The molecule has 7 nitrogen and oxygen atoms in total. The molecule has 0 aromatic carbocycles. The number of amides is 1. The zero-order valence-electron chi connectivity index (χ0n) is 19.2.